The van der Waals surface area contributed by atoms with Crippen LogP contribution in [0.1, 0.15) is 18.9 Å². The standard InChI is InChI=1S/C14H19N3O/c1-2-7-16-14(18)12(15)8-10-9-17-13-6-4-3-5-11(10)13/h3-6,9,12,17H,2,7-8,15H2,1H3,(H,16,18)/t12-/m0/s1. The molecular weight excluding hydrogens is 226 g/mol. The van der Waals surface area contributed by atoms with E-state index in [1.165, 1.54) is 0 Å². The number of hydrogen-bond acceptors (Lipinski definition) is 2. The number of aromatic amines is 1. The predicted octanol–water partition coefficient (Wildman–Crippen LogP) is 1.56. The Kier molecular flexibility index (Phi) is 3.99. The average Bonchev–Trinajstić information content (AvgIpc) is 2.79. The minimum Gasteiger partial charge on any atom is -0.361 e. The number of carbonyl (C=O) groups is 1. The number of aromatic nitrogens is 1. The monoisotopic (exact) mass is 245 g/mol. The van der Waals surface area contributed by atoms with Crippen molar-refractivity contribution >= 4 is 16.8 Å². The Bertz CT molecular complexity index is 533. The second-order valence-electron chi connectivity index (χ2n) is 4.46. The minimum atomic E-state index is -0.490. The van der Waals surface area contributed by atoms with Gasteiger partial charge in [-0.2, -0.15) is 0 Å². The van der Waals surface area contributed by atoms with Gasteiger partial charge in [-0.05, 0) is 24.5 Å². The van der Waals surface area contributed by atoms with Gasteiger partial charge < -0.3 is 16.0 Å². The molecule has 4 heteroatoms. The van der Waals surface area contributed by atoms with E-state index in [1.807, 2.05) is 37.4 Å². The molecule has 2 aromatic rings. The number of hydrogen-bond donors (Lipinski definition) is 3. The summed E-state index contributed by atoms with van der Waals surface area (Å²) in [4.78, 5) is 14.9. The first-order valence-electron chi connectivity index (χ1n) is 6.30. The molecule has 0 saturated carbocycles. The normalized spacial score (nSPS) is 12.6. The van der Waals surface area contributed by atoms with Crippen LogP contribution in [0.5, 0.6) is 0 Å². The summed E-state index contributed by atoms with van der Waals surface area (Å²) in [5, 5.41) is 3.95. The number of rotatable bonds is 5. The van der Waals surface area contributed by atoms with Crippen LogP contribution < -0.4 is 11.1 Å². The molecule has 0 fully saturated rings. The first-order chi connectivity index (χ1) is 8.72. The van der Waals surface area contributed by atoms with Crippen molar-refractivity contribution in [2.45, 2.75) is 25.8 Å². The van der Waals surface area contributed by atoms with Gasteiger partial charge in [0.2, 0.25) is 5.91 Å². The van der Waals surface area contributed by atoms with Crippen molar-refractivity contribution in [2.75, 3.05) is 6.54 Å². The fraction of sp³-hybridized carbons (Fsp3) is 0.357. The molecule has 1 aromatic carbocycles. The maximum Gasteiger partial charge on any atom is 0.237 e. The molecule has 1 heterocycles. The van der Waals surface area contributed by atoms with Crippen LogP contribution in [0.4, 0.5) is 0 Å². The van der Waals surface area contributed by atoms with Crippen molar-refractivity contribution < 1.29 is 4.79 Å². The van der Waals surface area contributed by atoms with Crippen molar-refractivity contribution in [3.8, 4) is 0 Å². The van der Waals surface area contributed by atoms with Gasteiger partial charge >= 0.3 is 0 Å². The van der Waals surface area contributed by atoms with Gasteiger partial charge in [0.15, 0.2) is 0 Å². The van der Waals surface area contributed by atoms with E-state index >= 15 is 0 Å². The summed E-state index contributed by atoms with van der Waals surface area (Å²) in [7, 11) is 0. The zero-order chi connectivity index (χ0) is 13.0. The van der Waals surface area contributed by atoms with Crippen molar-refractivity contribution in [1.29, 1.82) is 0 Å². The smallest absolute Gasteiger partial charge is 0.237 e. The summed E-state index contributed by atoms with van der Waals surface area (Å²) in [5.74, 6) is -0.0814. The quantitative estimate of drug-likeness (QED) is 0.748. The van der Waals surface area contributed by atoms with Gasteiger partial charge in [0.25, 0.3) is 0 Å². The zero-order valence-corrected chi connectivity index (χ0v) is 10.6. The summed E-state index contributed by atoms with van der Waals surface area (Å²) in [6.45, 7) is 2.70. The van der Waals surface area contributed by atoms with E-state index in [0.29, 0.717) is 13.0 Å². The molecule has 96 valence electrons. The maximum absolute atomic E-state index is 11.7. The molecule has 0 spiro atoms. The molecule has 18 heavy (non-hydrogen) atoms. The molecule has 4 N–H and O–H groups in total. The van der Waals surface area contributed by atoms with Crippen LogP contribution in [0.3, 0.4) is 0 Å². The van der Waals surface area contributed by atoms with Gasteiger partial charge in [0.1, 0.15) is 0 Å². The summed E-state index contributed by atoms with van der Waals surface area (Å²) >= 11 is 0. The van der Waals surface area contributed by atoms with Crippen molar-refractivity contribution in [1.82, 2.24) is 10.3 Å². The Morgan fingerprint density at radius 2 is 2.22 bits per heavy atom. The van der Waals surface area contributed by atoms with E-state index in [9.17, 15) is 4.79 Å². The van der Waals surface area contributed by atoms with E-state index in [2.05, 4.69) is 10.3 Å². The second-order valence-corrected chi connectivity index (χ2v) is 4.46. The fourth-order valence-electron chi connectivity index (χ4n) is 2.01. The Balaban J connectivity index is 2.07. The third-order valence-corrected chi connectivity index (χ3v) is 3.00. The average molecular weight is 245 g/mol. The number of fused-ring (bicyclic) bond motifs is 1. The molecule has 4 nitrogen and oxygen atoms in total. The Labute approximate surface area is 107 Å². The van der Waals surface area contributed by atoms with E-state index in [1.54, 1.807) is 0 Å². The van der Waals surface area contributed by atoms with Crippen molar-refractivity contribution in [3.63, 3.8) is 0 Å². The highest BCUT2D eigenvalue weighted by molar-refractivity contribution is 5.86. The lowest BCUT2D eigenvalue weighted by atomic mass is 10.1. The van der Waals surface area contributed by atoms with Crippen LogP contribution >= 0.6 is 0 Å². The zero-order valence-electron chi connectivity index (χ0n) is 10.6. The van der Waals surface area contributed by atoms with Crippen LogP contribution in [0, 0.1) is 0 Å². The van der Waals surface area contributed by atoms with Gasteiger partial charge in [0.05, 0.1) is 6.04 Å². The third-order valence-electron chi connectivity index (χ3n) is 3.00. The molecule has 0 aliphatic rings. The van der Waals surface area contributed by atoms with Crippen LogP contribution in [0.25, 0.3) is 10.9 Å². The number of nitrogens with two attached hydrogens (primary N) is 1. The van der Waals surface area contributed by atoms with Crippen molar-refractivity contribution in [3.05, 3.63) is 36.0 Å². The molecular formula is C14H19N3O. The molecule has 0 aliphatic carbocycles. The summed E-state index contributed by atoms with van der Waals surface area (Å²) in [6, 6.07) is 7.54. The highest BCUT2D eigenvalue weighted by atomic mass is 16.2. The molecule has 1 atom stereocenters. The van der Waals surface area contributed by atoms with Gasteiger partial charge in [-0.3, -0.25) is 4.79 Å². The van der Waals surface area contributed by atoms with Gasteiger partial charge in [0, 0.05) is 23.6 Å². The number of carbonyl (C=O) groups excluding carboxylic acids is 1. The highest BCUT2D eigenvalue weighted by Crippen LogP contribution is 2.18. The third kappa shape index (κ3) is 2.71. The van der Waals surface area contributed by atoms with Crippen molar-refractivity contribution in [2.24, 2.45) is 5.73 Å². The lowest BCUT2D eigenvalue weighted by Crippen LogP contribution is -2.42. The van der Waals surface area contributed by atoms with E-state index < -0.39 is 6.04 Å². The predicted molar refractivity (Wildman–Crippen MR) is 73.3 cm³/mol. The maximum atomic E-state index is 11.7. The molecule has 0 bridgehead atoms. The molecule has 0 unspecified atom stereocenters. The van der Waals surface area contributed by atoms with Crippen LogP contribution in [-0.2, 0) is 11.2 Å². The van der Waals surface area contributed by atoms with Gasteiger partial charge in [-0.1, -0.05) is 25.1 Å². The number of amides is 1. The van der Waals surface area contributed by atoms with E-state index in [-0.39, 0.29) is 5.91 Å². The lowest BCUT2D eigenvalue weighted by molar-refractivity contribution is -0.122. The van der Waals surface area contributed by atoms with Crippen LogP contribution in [0.15, 0.2) is 30.5 Å². The number of nitrogens with one attached hydrogen (secondary N) is 2. The summed E-state index contributed by atoms with van der Waals surface area (Å²) in [6.07, 6.45) is 3.41. The Morgan fingerprint density at radius 3 is 3.00 bits per heavy atom. The molecule has 1 aromatic heterocycles. The molecule has 2 rings (SSSR count). The molecule has 0 aliphatic heterocycles. The molecule has 0 saturated heterocycles. The van der Waals surface area contributed by atoms with Crippen LogP contribution in [0.2, 0.25) is 0 Å². The van der Waals surface area contributed by atoms with Gasteiger partial charge in [-0.15, -0.1) is 0 Å². The Morgan fingerprint density at radius 1 is 1.44 bits per heavy atom. The number of H-pyrrole nitrogens is 1. The van der Waals surface area contributed by atoms with Gasteiger partial charge in [-0.25, -0.2) is 0 Å². The molecule has 1 amide bonds. The summed E-state index contributed by atoms with van der Waals surface area (Å²) < 4.78 is 0. The second kappa shape index (κ2) is 5.69. The highest BCUT2D eigenvalue weighted by Gasteiger charge is 2.15. The largest absolute Gasteiger partial charge is 0.361 e. The first-order valence-corrected chi connectivity index (χ1v) is 6.30. The summed E-state index contributed by atoms with van der Waals surface area (Å²) in [5.41, 5.74) is 8.08. The lowest BCUT2D eigenvalue weighted by Gasteiger charge is -2.11. The minimum absolute atomic E-state index is 0.0814. The first kappa shape index (κ1) is 12.6. The van der Waals surface area contributed by atoms with E-state index in [4.69, 9.17) is 5.73 Å². The number of benzene rings is 1. The van der Waals surface area contributed by atoms with E-state index in [0.717, 1.165) is 22.9 Å². The molecule has 0 radical (unpaired) electrons. The Hall–Kier alpha value is -1.81. The topological polar surface area (TPSA) is 70.9 Å². The SMILES string of the molecule is CCCNC(=O)[C@@H](N)Cc1c[nH]c2ccccc12. The van der Waals surface area contributed by atoms with Crippen LogP contribution in [-0.4, -0.2) is 23.5 Å². The fourth-order valence-corrected chi connectivity index (χ4v) is 2.01. The number of para-hydroxylation sites is 1.